The first-order chi connectivity index (χ1) is 8.40. The third kappa shape index (κ3) is 3.85. The second kappa shape index (κ2) is 6.80. The zero-order chi connectivity index (χ0) is 11.9. The number of hydrogen-bond acceptors (Lipinski definition) is 1. The summed E-state index contributed by atoms with van der Waals surface area (Å²) in [6.45, 7) is 6.18. The minimum absolute atomic E-state index is 0.735. The van der Waals surface area contributed by atoms with Crippen molar-refractivity contribution in [1.29, 1.82) is 0 Å². The van der Waals surface area contributed by atoms with Gasteiger partial charge in [-0.25, -0.2) is 0 Å². The van der Waals surface area contributed by atoms with E-state index < -0.39 is 0 Å². The largest absolute Gasteiger partial charge is 0.303 e. The van der Waals surface area contributed by atoms with Crippen molar-refractivity contribution < 1.29 is 0 Å². The molecule has 1 aliphatic heterocycles. The first-order valence-electron chi connectivity index (χ1n) is 7.17. The van der Waals surface area contributed by atoms with Crippen LogP contribution in [-0.2, 0) is 0 Å². The minimum Gasteiger partial charge on any atom is -0.303 e. The molecule has 0 spiro atoms. The topological polar surface area (TPSA) is 3.24 Å². The zero-order valence-electron chi connectivity index (χ0n) is 11.1. The molecule has 0 bridgehead atoms. The van der Waals surface area contributed by atoms with Gasteiger partial charge >= 0.3 is 0 Å². The molecular formula is C16H25N. The van der Waals surface area contributed by atoms with Crippen LogP contribution in [-0.4, -0.2) is 24.5 Å². The molecule has 1 heterocycles. The molecule has 1 atom stereocenters. The molecule has 1 aliphatic rings. The summed E-state index contributed by atoms with van der Waals surface area (Å²) in [5.74, 6) is 0.735. The van der Waals surface area contributed by atoms with Crippen LogP contribution in [0.1, 0.15) is 50.5 Å². The van der Waals surface area contributed by atoms with Crippen molar-refractivity contribution in [1.82, 2.24) is 4.90 Å². The van der Waals surface area contributed by atoms with Crippen molar-refractivity contribution in [3.63, 3.8) is 0 Å². The maximum atomic E-state index is 2.66. The van der Waals surface area contributed by atoms with E-state index in [1.807, 2.05) is 0 Å². The third-order valence-corrected chi connectivity index (χ3v) is 3.84. The number of benzene rings is 1. The summed E-state index contributed by atoms with van der Waals surface area (Å²) in [5.41, 5.74) is 1.53. The fourth-order valence-corrected chi connectivity index (χ4v) is 2.89. The Morgan fingerprint density at radius 3 is 2.41 bits per heavy atom. The van der Waals surface area contributed by atoms with Crippen molar-refractivity contribution in [2.24, 2.45) is 0 Å². The summed E-state index contributed by atoms with van der Waals surface area (Å²) < 4.78 is 0. The highest BCUT2D eigenvalue weighted by atomic mass is 15.1. The van der Waals surface area contributed by atoms with Gasteiger partial charge in [0.15, 0.2) is 0 Å². The average Bonchev–Trinajstić information content (AvgIpc) is 2.40. The van der Waals surface area contributed by atoms with Gasteiger partial charge in [-0.3, -0.25) is 0 Å². The van der Waals surface area contributed by atoms with E-state index in [0.717, 1.165) is 5.92 Å². The van der Waals surface area contributed by atoms with Gasteiger partial charge in [0.25, 0.3) is 0 Å². The van der Waals surface area contributed by atoms with Crippen molar-refractivity contribution in [3.05, 3.63) is 35.9 Å². The molecule has 1 fully saturated rings. The summed E-state index contributed by atoms with van der Waals surface area (Å²) in [6, 6.07) is 11.1. The van der Waals surface area contributed by atoms with Gasteiger partial charge in [-0.05, 0) is 43.8 Å². The number of hydrogen-bond donors (Lipinski definition) is 0. The highest BCUT2D eigenvalue weighted by molar-refractivity contribution is 5.19. The Morgan fingerprint density at radius 2 is 1.76 bits per heavy atom. The Labute approximate surface area is 106 Å². The molecule has 94 valence electrons. The third-order valence-electron chi connectivity index (χ3n) is 3.84. The van der Waals surface area contributed by atoms with E-state index >= 15 is 0 Å². The van der Waals surface area contributed by atoms with E-state index in [0.29, 0.717) is 0 Å². The number of piperidine rings is 1. The summed E-state index contributed by atoms with van der Waals surface area (Å²) >= 11 is 0. The first kappa shape index (κ1) is 12.6. The molecule has 0 saturated carbocycles. The Morgan fingerprint density at radius 1 is 1.06 bits per heavy atom. The van der Waals surface area contributed by atoms with Gasteiger partial charge in [0, 0.05) is 6.54 Å². The van der Waals surface area contributed by atoms with E-state index in [1.165, 1.54) is 57.3 Å². The standard InChI is InChI=1S/C16H25N/c1-2-9-16(15-10-5-3-6-11-15)14-17-12-7-4-8-13-17/h3,5-6,10-11,16H,2,4,7-9,12-14H2,1H3/t16-/m1/s1. The van der Waals surface area contributed by atoms with Crippen LogP contribution in [0.2, 0.25) is 0 Å². The van der Waals surface area contributed by atoms with E-state index in [4.69, 9.17) is 0 Å². The molecule has 1 nitrogen and oxygen atoms in total. The normalized spacial score (nSPS) is 19.1. The SMILES string of the molecule is CCC[C@H](CN1CCCCC1)c1ccccc1. The van der Waals surface area contributed by atoms with E-state index in [1.54, 1.807) is 0 Å². The van der Waals surface area contributed by atoms with Gasteiger partial charge < -0.3 is 4.90 Å². The summed E-state index contributed by atoms with van der Waals surface area (Å²) in [4.78, 5) is 2.66. The van der Waals surface area contributed by atoms with Gasteiger partial charge in [-0.15, -0.1) is 0 Å². The lowest BCUT2D eigenvalue weighted by Crippen LogP contribution is -2.33. The van der Waals surface area contributed by atoms with Gasteiger partial charge in [-0.2, -0.15) is 0 Å². The Kier molecular flexibility index (Phi) is 5.06. The Balaban J connectivity index is 1.96. The molecule has 0 amide bonds. The zero-order valence-corrected chi connectivity index (χ0v) is 11.1. The van der Waals surface area contributed by atoms with Crippen LogP contribution in [0.5, 0.6) is 0 Å². The van der Waals surface area contributed by atoms with Gasteiger partial charge in [0.2, 0.25) is 0 Å². The lowest BCUT2D eigenvalue weighted by molar-refractivity contribution is 0.212. The summed E-state index contributed by atoms with van der Waals surface area (Å²) in [6.07, 6.45) is 6.83. The van der Waals surface area contributed by atoms with Crippen LogP contribution < -0.4 is 0 Å². The van der Waals surface area contributed by atoms with Crippen molar-refractivity contribution in [2.45, 2.75) is 44.9 Å². The predicted octanol–water partition coefficient (Wildman–Crippen LogP) is 4.06. The second-order valence-corrected chi connectivity index (χ2v) is 5.26. The number of rotatable bonds is 5. The molecule has 0 unspecified atom stereocenters. The molecule has 1 heteroatoms. The molecule has 0 radical (unpaired) electrons. The van der Waals surface area contributed by atoms with Crippen LogP contribution in [0.3, 0.4) is 0 Å². The molecule has 1 aromatic rings. The van der Waals surface area contributed by atoms with Crippen LogP contribution in [0.4, 0.5) is 0 Å². The summed E-state index contributed by atoms with van der Waals surface area (Å²) in [7, 11) is 0. The van der Waals surface area contributed by atoms with E-state index in [2.05, 4.69) is 42.2 Å². The summed E-state index contributed by atoms with van der Waals surface area (Å²) in [5, 5.41) is 0. The van der Waals surface area contributed by atoms with Crippen molar-refractivity contribution in [3.8, 4) is 0 Å². The highest BCUT2D eigenvalue weighted by Crippen LogP contribution is 2.23. The molecule has 17 heavy (non-hydrogen) atoms. The lowest BCUT2D eigenvalue weighted by Gasteiger charge is -2.30. The van der Waals surface area contributed by atoms with E-state index in [-0.39, 0.29) is 0 Å². The van der Waals surface area contributed by atoms with Gasteiger partial charge in [0.05, 0.1) is 0 Å². The maximum Gasteiger partial charge on any atom is 0.00503 e. The van der Waals surface area contributed by atoms with Crippen LogP contribution >= 0.6 is 0 Å². The highest BCUT2D eigenvalue weighted by Gasteiger charge is 2.17. The van der Waals surface area contributed by atoms with Crippen LogP contribution in [0, 0.1) is 0 Å². The monoisotopic (exact) mass is 231 g/mol. The maximum absolute atomic E-state index is 2.66. The number of nitrogens with zero attached hydrogens (tertiary/aromatic N) is 1. The quantitative estimate of drug-likeness (QED) is 0.739. The molecule has 0 aliphatic carbocycles. The number of likely N-dealkylation sites (tertiary alicyclic amines) is 1. The predicted molar refractivity (Wildman–Crippen MR) is 74.4 cm³/mol. The van der Waals surface area contributed by atoms with Gasteiger partial charge in [-0.1, -0.05) is 50.1 Å². The van der Waals surface area contributed by atoms with Crippen LogP contribution in [0.25, 0.3) is 0 Å². The molecule has 1 aromatic carbocycles. The fraction of sp³-hybridized carbons (Fsp3) is 0.625. The second-order valence-electron chi connectivity index (χ2n) is 5.26. The molecule has 1 saturated heterocycles. The minimum atomic E-state index is 0.735. The molecule has 2 rings (SSSR count). The molecular weight excluding hydrogens is 206 g/mol. The average molecular weight is 231 g/mol. The van der Waals surface area contributed by atoms with Crippen molar-refractivity contribution in [2.75, 3.05) is 19.6 Å². The van der Waals surface area contributed by atoms with Gasteiger partial charge in [0.1, 0.15) is 0 Å². The molecule has 0 aromatic heterocycles. The van der Waals surface area contributed by atoms with Crippen molar-refractivity contribution >= 4 is 0 Å². The van der Waals surface area contributed by atoms with Crippen LogP contribution in [0.15, 0.2) is 30.3 Å². The Hall–Kier alpha value is -0.820. The smallest absolute Gasteiger partial charge is 0.00503 e. The van der Waals surface area contributed by atoms with E-state index in [9.17, 15) is 0 Å². The Bertz CT molecular complexity index is 301. The first-order valence-corrected chi connectivity index (χ1v) is 7.17. The molecule has 0 N–H and O–H groups in total. The lowest BCUT2D eigenvalue weighted by atomic mass is 9.93. The fourth-order valence-electron chi connectivity index (χ4n) is 2.89.